The number of nitrogens with zero attached hydrogens (tertiary/aromatic N) is 2. The SMILES string of the molecule is O=C(Nc1c(C(=O)O)nc2ccc(C(F)(F)F)cn12)OCC1c2ccccc2-c2ccccc21. The molecule has 0 fully saturated rings. The minimum atomic E-state index is -4.66. The van der Waals surface area contributed by atoms with E-state index in [9.17, 15) is 27.9 Å². The van der Waals surface area contributed by atoms with Crippen LogP contribution in [0, 0.1) is 0 Å². The number of carboxylic acid groups (broad SMARTS) is 1. The normalized spacial score (nSPS) is 12.9. The third-order valence-electron chi connectivity index (χ3n) is 5.71. The van der Waals surface area contributed by atoms with E-state index in [1.807, 2.05) is 48.5 Å². The predicted molar refractivity (Wildman–Crippen MR) is 116 cm³/mol. The number of amides is 1. The molecule has 0 bridgehead atoms. The van der Waals surface area contributed by atoms with Gasteiger partial charge >= 0.3 is 18.2 Å². The smallest absolute Gasteiger partial charge is 0.417 e. The van der Waals surface area contributed by atoms with Crippen LogP contribution in [-0.4, -0.2) is 33.2 Å². The first-order valence-corrected chi connectivity index (χ1v) is 10.2. The molecule has 0 aliphatic heterocycles. The number of halogens is 3. The molecule has 0 radical (unpaired) electrons. The lowest BCUT2D eigenvalue weighted by atomic mass is 9.98. The molecule has 0 spiro atoms. The van der Waals surface area contributed by atoms with E-state index >= 15 is 0 Å². The fraction of sp³-hybridized carbons (Fsp3) is 0.125. The zero-order valence-corrected chi connectivity index (χ0v) is 17.3. The number of aromatic nitrogens is 2. The maximum absolute atomic E-state index is 13.1. The second-order valence-corrected chi connectivity index (χ2v) is 7.71. The Labute approximate surface area is 190 Å². The van der Waals surface area contributed by atoms with Crippen LogP contribution in [0.1, 0.15) is 33.1 Å². The number of benzene rings is 2. The van der Waals surface area contributed by atoms with Crippen LogP contribution in [0.2, 0.25) is 0 Å². The zero-order valence-electron chi connectivity index (χ0n) is 17.3. The number of carbonyl (C=O) groups is 2. The number of fused-ring (bicyclic) bond motifs is 4. The Morgan fingerprint density at radius 2 is 1.62 bits per heavy atom. The lowest BCUT2D eigenvalue weighted by molar-refractivity contribution is -0.137. The quantitative estimate of drug-likeness (QED) is 0.419. The van der Waals surface area contributed by atoms with E-state index in [0.29, 0.717) is 6.20 Å². The summed E-state index contributed by atoms with van der Waals surface area (Å²) in [5.74, 6) is -2.17. The average molecular weight is 467 g/mol. The fourth-order valence-corrected chi connectivity index (χ4v) is 4.21. The van der Waals surface area contributed by atoms with Gasteiger partial charge in [0.2, 0.25) is 0 Å². The van der Waals surface area contributed by atoms with Crippen molar-refractivity contribution in [1.29, 1.82) is 0 Å². The summed E-state index contributed by atoms with van der Waals surface area (Å²) < 4.78 is 45.7. The van der Waals surface area contributed by atoms with E-state index in [-0.39, 0.29) is 18.2 Å². The summed E-state index contributed by atoms with van der Waals surface area (Å²) in [5, 5.41) is 11.7. The van der Waals surface area contributed by atoms with Gasteiger partial charge in [0.1, 0.15) is 12.3 Å². The third-order valence-corrected chi connectivity index (χ3v) is 5.71. The van der Waals surface area contributed by atoms with Gasteiger partial charge in [-0.2, -0.15) is 13.2 Å². The highest BCUT2D eigenvalue weighted by atomic mass is 19.4. The molecule has 7 nitrogen and oxygen atoms in total. The van der Waals surface area contributed by atoms with Gasteiger partial charge in [0, 0.05) is 12.1 Å². The van der Waals surface area contributed by atoms with Crippen molar-refractivity contribution < 1.29 is 32.6 Å². The number of hydrogen-bond acceptors (Lipinski definition) is 4. The number of imidazole rings is 1. The maximum atomic E-state index is 13.1. The second kappa shape index (κ2) is 7.91. The van der Waals surface area contributed by atoms with Crippen molar-refractivity contribution >= 4 is 23.5 Å². The topological polar surface area (TPSA) is 92.9 Å². The van der Waals surface area contributed by atoms with E-state index in [1.54, 1.807) is 0 Å². The molecule has 2 heterocycles. The van der Waals surface area contributed by atoms with Crippen LogP contribution in [0.4, 0.5) is 23.8 Å². The van der Waals surface area contributed by atoms with Crippen molar-refractivity contribution in [2.75, 3.05) is 11.9 Å². The van der Waals surface area contributed by atoms with Crippen molar-refractivity contribution in [2.24, 2.45) is 0 Å². The first-order valence-electron chi connectivity index (χ1n) is 10.2. The molecule has 5 rings (SSSR count). The molecule has 0 unspecified atom stereocenters. The Morgan fingerprint density at radius 1 is 1.00 bits per heavy atom. The average Bonchev–Trinajstić information content (AvgIpc) is 3.33. The minimum Gasteiger partial charge on any atom is -0.476 e. The van der Waals surface area contributed by atoms with Crippen LogP contribution in [0.15, 0.2) is 66.9 Å². The molecule has 1 aliphatic carbocycles. The molecule has 0 saturated heterocycles. The lowest BCUT2D eigenvalue weighted by Gasteiger charge is -2.15. The summed E-state index contributed by atoms with van der Waals surface area (Å²) in [4.78, 5) is 28.0. The Morgan fingerprint density at radius 3 is 2.21 bits per heavy atom. The molecule has 1 amide bonds. The van der Waals surface area contributed by atoms with E-state index in [4.69, 9.17) is 4.74 Å². The minimum absolute atomic E-state index is 0.0488. The number of hydrogen-bond donors (Lipinski definition) is 2. The lowest BCUT2D eigenvalue weighted by Crippen LogP contribution is -2.20. The molecule has 4 aromatic rings. The molecular formula is C24H16F3N3O4. The van der Waals surface area contributed by atoms with Gasteiger partial charge in [0.25, 0.3) is 0 Å². The summed E-state index contributed by atoms with van der Waals surface area (Å²) in [6, 6.07) is 17.2. The first-order chi connectivity index (χ1) is 16.2. The highest BCUT2D eigenvalue weighted by Crippen LogP contribution is 2.44. The van der Waals surface area contributed by atoms with Gasteiger partial charge in [-0.3, -0.25) is 9.72 Å². The standard InChI is InChI=1S/C24H16F3N3O4/c25-24(26,27)13-9-10-19-28-20(22(31)32)21(30(19)11-13)29-23(33)34-12-18-16-7-3-1-5-14(16)15-6-2-4-8-17(15)18/h1-11,18H,12H2,(H,29,33)(H,31,32). The fourth-order valence-electron chi connectivity index (χ4n) is 4.21. The summed E-state index contributed by atoms with van der Waals surface area (Å²) >= 11 is 0. The van der Waals surface area contributed by atoms with Crippen LogP contribution in [0.3, 0.4) is 0 Å². The molecule has 2 N–H and O–H groups in total. The molecular weight excluding hydrogens is 451 g/mol. The number of anilines is 1. The summed E-state index contributed by atoms with van der Waals surface area (Å²) in [6.07, 6.45) is -5.00. The van der Waals surface area contributed by atoms with E-state index in [0.717, 1.165) is 38.8 Å². The van der Waals surface area contributed by atoms with E-state index in [1.165, 1.54) is 0 Å². The highest BCUT2D eigenvalue weighted by Gasteiger charge is 2.32. The molecule has 34 heavy (non-hydrogen) atoms. The van der Waals surface area contributed by atoms with Crippen LogP contribution in [-0.2, 0) is 10.9 Å². The van der Waals surface area contributed by atoms with Gasteiger partial charge < -0.3 is 9.84 Å². The number of carbonyl (C=O) groups excluding carboxylic acids is 1. The Hall–Kier alpha value is -4.34. The number of rotatable bonds is 4. The number of alkyl halides is 3. The van der Waals surface area contributed by atoms with Gasteiger partial charge in [-0.05, 0) is 34.4 Å². The first kappa shape index (κ1) is 21.5. The molecule has 172 valence electrons. The molecule has 0 atom stereocenters. The molecule has 0 saturated carbocycles. The second-order valence-electron chi connectivity index (χ2n) is 7.71. The Kier molecular flexibility index (Phi) is 5.00. The van der Waals surface area contributed by atoms with Crippen molar-refractivity contribution in [3.8, 4) is 11.1 Å². The molecule has 2 aromatic carbocycles. The maximum Gasteiger partial charge on any atom is 0.417 e. The van der Waals surface area contributed by atoms with Crippen molar-refractivity contribution in [2.45, 2.75) is 12.1 Å². The summed E-state index contributed by atoms with van der Waals surface area (Å²) in [5.41, 5.74) is 2.32. The van der Waals surface area contributed by atoms with Gasteiger partial charge in [0.05, 0.1) is 5.56 Å². The zero-order chi connectivity index (χ0) is 24.0. The molecule has 1 aliphatic rings. The van der Waals surface area contributed by atoms with E-state index in [2.05, 4.69) is 10.3 Å². The van der Waals surface area contributed by atoms with Crippen LogP contribution in [0.5, 0.6) is 0 Å². The summed E-state index contributed by atoms with van der Waals surface area (Å²) in [7, 11) is 0. The Bertz CT molecular complexity index is 1400. The van der Waals surface area contributed by atoms with Crippen LogP contribution in [0.25, 0.3) is 16.8 Å². The molecule has 2 aromatic heterocycles. The van der Waals surface area contributed by atoms with Gasteiger partial charge in [-0.1, -0.05) is 48.5 Å². The number of carboxylic acids is 1. The third kappa shape index (κ3) is 3.62. The van der Waals surface area contributed by atoms with Gasteiger partial charge in [-0.15, -0.1) is 0 Å². The predicted octanol–water partition coefficient (Wildman–Crippen LogP) is 5.41. The van der Waals surface area contributed by atoms with Crippen LogP contribution >= 0.6 is 0 Å². The summed E-state index contributed by atoms with van der Waals surface area (Å²) in [6.45, 7) is -0.0488. The van der Waals surface area contributed by atoms with Crippen LogP contribution < -0.4 is 5.32 Å². The van der Waals surface area contributed by atoms with E-state index < -0.39 is 35.3 Å². The number of nitrogens with one attached hydrogen (secondary N) is 1. The monoisotopic (exact) mass is 467 g/mol. The van der Waals surface area contributed by atoms with Crippen molar-refractivity contribution in [3.63, 3.8) is 0 Å². The highest BCUT2D eigenvalue weighted by molar-refractivity contribution is 5.97. The largest absolute Gasteiger partial charge is 0.476 e. The van der Waals surface area contributed by atoms with Crippen molar-refractivity contribution in [1.82, 2.24) is 9.38 Å². The van der Waals surface area contributed by atoms with Crippen molar-refractivity contribution in [3.05, 3.63) is 89.2 Å². The Balaban J connectivity index is 1.42. The van der Waals surface area contributed by atoms with Gasteiger partial charge in [0.15, 0.2) is 11.5 Å². The van der Waals surface area contributed by atoms with Gasteiger partial charge in [-0.25, -0.2) is 14.6 Å². The molecule has 10 heteroatoms. The number of ether oxygens (including phenoxy) is 1. The number of aromatic carboxylic acids is 1. The number of pyridine rings is 1.